The Morgan fingerprint density at radius 2 is 1.58 bits per heavy atom. The van der Waals surface area contributed by atoms with Crippen molar-refractivity contribution in [2.45, 2.75) is 0 Å². The van der Waals surface area contributed by atoms with Gasteiger partial charge in [0, 0.05) is 17.3 Å². The number of nitrogens with two attached hydrogens (primary N) is 2. The highest BCUT2D eigenvalue weighted by atomic mass is 15.5. The molecule has 0 spiro atoms. The molecule has 0 amide bonds. The number of nitrogens with one attached hydrogen (secondary N) is 1. The topological polar surface area (TPSA) is 107 Å². The van der Waals surface area contributed by atoms with Gasteiger partial charge in [-0.05, 0) is 5.56 Å². The highest BCUT2D eigenvalue weighted by Crippen LogP contribution is 2.32. The maximum absolute atomic E-state index is 5.97. The van der Waals surface area contributed by atoms with E-state index in [0.29, 0.717) is 11.2 Å². The van der Waals surface area contributed by atoms with Gasteiger partial charge in [-0.1, -0.05) is 60.7 Å². The number of nitrogens with zero attached hydrogens (tertiary/aromatic N) is 4. The van der Waals surface area contributed by atoms with Crippen molar-refractivity contribution in [3.63, 3.8) is 0 Å². The summed E-state index contributed by atoms with van der Waals surface area (Å²) in [6.07, 6.45) is 3.47. The van der Waals surface area contributed by atoms with Crippen molar-refractivity contribution in [3.8, 4) is 22.4 Å². The Morgan fingerprint density at radius 1 is 0.923 bits per heavy atom. The SMILES string of the molecule is NN/N=C(\N)c1cnn2c(-c3ccccc3)c(-c3ccccc3)cnc12. The molecule has 0 saturated heterocycles. The van der Waals surface area contributed by atoms with Gasteiger partial charge in [-0.25, -0.2) is 20.9 Å². The minimum atomic E-state index is 0.224. The molecule has 2 aromatic carbocycles. The predicted molar refractivity (Wildman–Crippen MR) is 102 cm³/mol. The zero-order valence-corrected chi connectivity index (χ0v) is 13.9. The first kappa shape index (κ1) is 15.8. The minimum absolute atomic E-state index is 0.224. The van der Waals surface area contributed by atoms with E-state index >= 15 is 0 Å². The molecular weight excluding hydrogens is 326 g/mol. The summed E-state index contributed by atoms with van der Waals surface area (Å²) in [5, 5.41) is 8.34. The van der Waals surface area contributed by atoms with Crippen molar-refractivity contribution in [1.82, 2.24) is 20.1 Å². The molecule has 26 heavy (non-hydrogen) atoms. The molecule has 7 heteroatoms. The van der Waals surface area contributed by atoms with Crippen molar-refractivity contribution >= 4 is 11.5 Å². The third-order valence-corrected chi connectivity index (χ3v) is 4.12. The number of hydrogen-bond acceptors (Lipinski definition) is 5. The molecule has 4 aromatic rings. The van der Waals surface area contributed by atoms with Crippen LogP contribution in [0.2, 0.25) is 0 Å². The van der Waals surface area contributed by atoms with Crippen LogP contribution in [0.25, 0.3) is 28.0 Å². The Labute approximate surface area is 150 Å². The van der Waals surface area contributed by atoms with Gasteiger partial charge in [0.25, 0.3) is 0 Å². The normalized spacial score (nSPS) is 11.7. The largest absolute Gasteiger partial charge is 0.382 e. The first-order valence-corrected chi connectivity index (χ1v) is 8.06. The van der Waals surface area contributed by atoms with Crippen LogP contribution in [0.4, 0.5) is 0 Å². The van der Waals surface area contributed by atoms with Gasteiger partial charge in [0.15, 0.2) is 11.5 Å². The van der Waals surface area contributed by atoms with Gasteiger partial charge in [-0.3, -0.25) is 0 Å². The number of fused-ring (bicyclic) bond motifs is 1. The minimum Gasteiger partial charge on any atom is -0.382 e. The summed E-state index contributed by atoms with van der Waals surface area (Å²) in [6, 6.07) is 20.1. The molecule has 0 bridgehead atoms. The van der Waals surface area contributed by atoms with Crippen LogP contribution in [0.15, 0.2) is 78.2 Å². The van der Waals surface area contributed by atoms with Crippen molar-refractivity contribution in [2.24, 2.45) is 16.7 Å². The average molecular weight is 343 g/mol. The Kier molecular flexibility index (Phi) is 4.04. The lowest BCUT2D eigenvalue weighted by atomic mass is 10.0. The molecule has 5 N–H and O–H groups in total. The van der Waals surface area contributed by atoms with E-state index < -0.39 is 0 Å². The maximum atomic E-state index is 5.97. The van der Waals surface area contributed by atoms with Gasteiger partial charge < -0.3 is 5.73 Å². The van der Waals surface area contributed by atoms with Crippen LogP contribution in [0.3, 0.4) is 0 Å². The second kappa shape index (κ2) is 6.66. The number of hydrogen-bond donors (Lipinski definition) is 3. The second-order valence-corrected chi connectivity index (χ2v) is 5.67. The number of hydrazine groups is 1. The van der Waals surface area contributed by atoms with Crippen LogP contribution >= 0.6 is 0 Å². The molecular formula is C19H17N7. The molecule has 0 saturated carbocycles. The summed E-state index contributed by atoms with van der Waals surface area (Å²) in [7, 11) is 0. The first-order valence-electron chi connectivity index (χ1n) is 8.06. The van der Waals surface area contributed by atoms with E-state index in [9.17, 15) is 0 Å². The highest BCUT2D eigenvalue weighted by Gasteiger charge is 2.17. The lowest BCUT2D eigenvalue weighted by Crippen LogP contribution is -2.23. The number of amidine groups is 1. The van der Waals surface area contributed by atoms with Crippen molar-refractivity contribution in [2.75, 3.05) is 0 Å². The van der Waals surface area contributed by atoms with Crippen molar-refractivity contribution in [3.05, 3.63) is 78.6 Å². The third kappa shape index (κ3) is 2.66. The van der Waals surface area contributed by atoms with Crippen LogP contribution in [0, 0.1) is 0 Å². The molecule has 0 fully saturated rings. The molecule has 0 aliphatic heterocycles. The summed E-state index contributed by atoms with van der Waals surface area (Å²) < 4.78 is 1.78. The monoisotopic (exact) mass is 343 g/mol. The van der Waals surface area contributed by atoms with E-state index in [1.54, 1.807) is 10.7 Å². The fraction of sp³-hybridized carbons (Fsp3) is 0. The summed E-state index contributed by atoms with van der Waals surface area (Å²) in [5.74, 6) is 5.46. The average Bonchev–Trinajstić information content (AvgIpc) is 3.13. The fourth-order valence-corrected chi connectivity index (χ4v) is 2.94. The predicted octanol–water partition coefficient (Wildman–Crippen LogP) is 2.15. The van der Waals surface area contributed by atoms with Gasteiger partial charge in [0.05, 0.1) is 17.5 Å². The van der Waals surface area contributed by atoms with E-state index in [1.165, 1.54) is 0 Å². The highest BCUT2D eigenvalue weighted by molar-refractivity contribution is 6.02. The van der Waals surface area contributed by atoms with Crippen LogP contribution in [-0.2, 0) is 0 Å². The fourth-order valence-electron chi connectivity index (χ4n) is 2.94. The van der Waals surface area contributed by atoms with Crippen LogP contribution in [-0.4, -0.2) is 20.4 Å². The second-order valence-electron chi connectivity index (χ2n) is 5.67. The van der Waals surface area contributed by atoms with Gasteiger partial charge in [0.1, 0.15) is 0 Å². The molecule has 2 heterocycles. The van der Waals surface area contributed by atoms with Gasteiger partial charge >= 0.3 is 0 Å². The molecule has 0 unspecified atom stereocenters. The Hall–Kier alpha value is -3.71. The standard InChI is InChI=1S/C19H17N7/c20-18(24-25-21)16-12-23-26-17(14-9-5-2-6-10-14)15(11-22-19(16)26)13-7-3-1-4-8-13/h1-12,25H,21H2,(H2,20,24). The zero-order valence-electron chi connectivity index (χ0n) is 13.9. The number of benzene rings is 2. The molecule has 4 rings (SSSR count). The molecule has 0 atom stereocenters. The molecule has 128 valence electrons. The number of aromatic nitrogens is 3. The molecule has 0 aliphatic carbocycles. The van der Waals surface area contributed by atoms with Crippen LogP contribution in [0.5, 0.6) is 0 Å². The Morgan fingerprint density at radius 3 is 2.23 bits per heavy atom. The van der Waals surface area contributed by atoms with Gasteiger partial charge in [0.2, 0.25) is 0 Å². The van der Waals surface area contributed by atoms with Crippen molar-refractivity contribution < 1.29 is 0 Å². The lowest BCUT2D eigenvalue weighted by molar-refractivity contribution is 0.804. The van der Waals surface area contributed by atoms with Gasteiger partial charge in [-0.15, -0.1) is 5.10 Å². The molecule has 0 radical (unpaired) electrons. The van der Waals surface area contributed by atoms with E-state index in [-0.39, 0.29) is 5.84 Å². The summed E-state index contributed by atoms with van der Waals surface area (Å²) in [5.41, 5.74) is 13.4. The lowest BCUT2D eigenvalue weighted by Gasteiger charge is -2.12. The van der Waals surface area contributed by atoms with E-state index in [1.807, 2.05) is 66.9 Å². The van der Waals surface area contributed by atoms with Crippen molar-refractivity contribution in [1.29, 1.82) is 0 Å². The van der Waals surface area contributed by atoms with Crippen LogP contribution < -0.4 is 17.1 Å². The quantitative estimate of drug-likeness (QED) is 0.228. The van der Waals surface area contributed by atoms with E-state index in [2.05, 4.69) is 20.7 Å². The zero-order chi connectivity index (χ0) is 17.9. The van der Waals surface area contributed by atoms with E-state index in [4.69, 9.17) is 11.6 Å². The first-order chi connectivity index (χ1) is 12.8. The summed E-state index contributed by atoms with van der Waals surface area (Å²) in [4.78, 5) is 4.58. The maximum Gasteiger partial charge on any atom is 0.166 e. The Bertz CT molecular complexity index is 1070. The summed E-state index contributed by atoms with van der Waals surface area (Å²) >= 11 is 0. The summed E-state index contributed by atoms with van der Waals surface area (Å²) in [6.45, 7) is 0. The van der Waals surface area contributed by atoms with Crippen LogP contribution in [0.1, 0.15) is 5.56 Å². The van der Waals surface area contributed by atoms with E-state index in [0.717, 1.165) is 22.4 Å². The third-order valence-electron chi connectivity index (χ3n) is 4.12. The smallest absolute Gasteiger partial charge is 0.166 e. The molecule has 0 aliphatic rings. The number of hydrazone groups is 1. The number of rotatable bonds is 4. The Balaban J connectivity index is 2.03. The van der Waals surface area contributed by atoms with Gasteiger partial charge in [-0.2, -0.15) is 5.10 Å². The molecule has 7 nitrogen and oxygen atoms in total. The molecule has 2 aromatic heterocycles.